The van der Waals surface area contributed by atoms with Gasteiger partial charge in [-0.25, -0.2) is 9.67 Å². The van der Waals surface area contributed by atoms with Crippen molar-refractivity contribution in [1.82, 2.24) is 14.8 Å². The van der Waals surface area contributed by atoms with E-state index in [4.69, 9.17) is 4.74 Å². The van der Waals surface area contributed by atoms with Gasteiger partial charge in [-0.2, -0.15) is 5.10 Å². The molecule has 0 saturated heterocycles. The molecule has 0 unspecified atom stereocenters. The molecular weight excluding hydrogens is 356 g/mol. The van der Waals surface area contributed by atoms with E-state index in [2.05, 4.69) is 15.4 Å². The summed E-state index contributed by atoms with van der Waals surface area (Å²) in [5.74, 6) is 0.722. The number of hydrogen-bond acceptors (Lipinski definition) is 5. The Kier molecular flexibility index (Phi) is 5.84. The second kappa shape index (κ2) is 8.47. The van der Waals surface area contributed by atoms with Crippen molar-refractivity contribution in [3.63, 3.8) is 0 Å². The van der Waals surface area contributed by atoms with E-state index >= 15 is 0 Å². The van der Waals surface area contributed by atoms with Crippen LogP contribution >= 0.6 is 0 Å². The molecule has 2 aromatic heterocycles. The van der Waals surface area contributed by atoms with E-state index < -0.39 is 5.91 Å². The minimum absolute atomic E-state index is 0.170. The summed E-state index contributed by atoms with van der Waals surface area (Å²) in [4.78, 5) is 28.3. The summed E-state index contributed by atoms with van der Waals surface area (Å²) in [7, 11) is 0. The Morgan fingerprint density at radius 3 is 2.61 bits per heavy atom. The Bertz CT molecular complexity index is 1040. The minimum atomic E-state index is -0.408. The summed E-state index contributed by atoms with van der Waals surface area (Å²) in [6.07, 6.45) is 2.26. The van der Waals surface area contributed by atoms with E-state index in [9.17, 15) is 9.59 Å². The molecule has 0 aliphatic rings. The van der Waals surface area contributed by atoms with Gasteiger partial charge in [-0.05, 0) is 55.7 Å². The topological polar surface area (TPSA) is 86.1 Å². The highest BCUT2D eigenvalue weighted by molar-refractivity contribution is 6.02. The fourth-order valence-electron chi connectivity index (χ4n) is 2.55. The predicted octanol–water partition coefficient (Wildman–Crippen LogP) is 3.71. The summed E-state index contributed by atoms with van der Waals surface area (Å²) in [5.41, 5.74) is 2.78. The predicted molar refractivity (Wildman–Crippen MR) is 107 cm³/mol. The van der Waals surface area contributed by atoms with Gasteiger partial charge >= 0.3 is 0 Å². The number of aromatic nitrogens is 3. The number of ether oxygens (including phenoxy) is 1. The molecule has 144 valence electrons. The molecule has 0 spiro atoms. The largest absolute Gasteiger partial charge is 0.439 e. The lowest BCUT2D eigenvalue weighted by atomic mass is 10.1. The number of anilines is 1. The van der Waals surface area contributed by atoms with Crippen molar-refractivity contribution < 1.29 is 9.53 Å². The average molecular weight is 378 g/mol. The van der Waals surface area contributed by atoms with E-state index in [0.717, 1.165) is 12.0 Å². The van der Waals surface area contributed by atoms with Gasteiger partial charge in [0.15, 0.2) is 0 Å². The van der Waals surface area contributed by atoms with Crippen molar-refractivity contribution in [3.05, 3.63) is 75.8 Å². The maximum absolute atomic E-state index is 12.4. The zero-order valence-electron chi connectivity index (χ0n) is 16.1. The molecule has 0 fully saturated rings. The van der Waals surface area contributed by atoms with Crippen LogP contribution in [0.3, 0.4) is 0 Å². The van der Waals surface area contributed by atoms with Gasteiger partial charge in [0.2, 0.25) is 5.88 Å². The maximum atomic E-state index is 12.4. The second-order valence-electron chi connectivity index (χ2n) is 6.47. The minimum Gasteiger partial charge on any atom is -0.439 e. The molecule has 0 saturated carbocycles. The summed E-state index contributed by atoms with van der Waals surface area (Å²) >= 11 is 0. The Labute approximate surface area is 163 Å². The summed E-state index contributed by atoms with van der Waals surface area (Å²) < 4.78 is 7.03. The molecule has 0 bridgehead atoms. The number of carbonyl (C=O) groups is 1. The molecule has 2 heterocycles. The average Bonchev–Trinajstić information content (AvgIpc) is 2.68. The Hall–Kier alpha value is -3.48. The number of nitrogens with one attached hydrogen (secondary N) is 1. The highest BCUT2D eigenvalue weighted by Gasteiger charge is 2.10. The number of hydrogen-bond donors (Lipinski definition) is 1. The van der Waals surface area contributed by atoms with E-state index in [0.29, 0.717) is 23.9 Å². The number of nitrogens with zero attached hydrogens (tertiary/aromatic N) is 3. The lowest BCUT2D eigenvalue weighted by Gasteiger charge is -2.09. The van der Waals surface area contributed by atoms with Gasteiger partial charge in [0.25, 0.3) is 11.5 Å². The third-order valence-electron chi connectivity index (χ3n) is 4.23. The van der Waals surface area contributed by atoms with Crippen LogP contribution in [0.1, 0.15) is 35.0 Å². The third-order valence-corrected chi connectivity index (χ3v) is 4.23. The van der Waals surface area contributed by atoms with Crippen LogP contribution in [-0.2, 0) is 6.54 Å². The first-order valence-corrected chi connectivity index (χ1v) is 9.07. The first-order chi connectivity index (χ1) is 13.5. The molecule has 0 radical (unpaired) electrons. The normalized spacial score (nSPS) is 10.5. The number of benzene rings is 1. The van der Waals surface area contributed by atoms with Crippen LogP contribution in [0.5, 0.6) is 11.6 Å². The number of pyridine rings is 1. The fraction of sp³-hybridized carbons (Fsp3) is 0.238. The lowest BCUT2D eigenvalue weighted by Crippen LogP contribution is -2.26. The van der Waals surface area contributed by atoms with E-state index in [1.807, 2.05) is 39.0 Å². The number of rotatable bonds is 6. The standard InChI is InChI=1S/C21H22N4O3/c1-4-11-25-20(26)10-8-18(24-25)21(27)23-16-6-9-19(22-13-16)28-17-7-5-14(2)15(3)12-17/h5-10,12-13H,4,11H2,1-3H3,(H,23,27). The molecule has 0 atom stereocenters. The van der Waals surface area contributed by atoms with Crippen molar-refractivity contribution in [2.24, 2.45) is 0 Å². The van der Waals surface area contributed by atoms with Crippen LogP contribution in [0, 0.1) is 13.8 Å². The monoisotopic (exact) mass is 378 g/mol. The molecule has 0 aliphatic heterocycles. The van der Waals surface area contributed by atoms with Crippen molar-refractivity contribution in [2.75, 3.05) is 5.32 Å². The van der Waals surface area contributed by atoms with Crippen LogP contribution in [0.2, 0.25) is 0 Å². The summed E-state index contributed by atoms with van der Waals surface area (Å²) in [6, 6.07) is 12.0. The number of aryl methyl sites for hydroxylation is 3. The highest BCUT2D eigenvalue weighted by Crippen LogP contribution is 2.23. The number of amides is 1. The van der Waals surface area contributed by atoms with Gasteiger partial charge in [-0.1, -0.05) is 13.0 Å². The number of carbonyl (C=O) groups excluding carboxylic acids is 1. The van der Waals surface area contributed by atoms with Crippen LogP contribution in [-0.4, -0.2) is 20.7 Å². The van der Waals surface area contributed by atoms with Crippen LogP contribution < -0.4 is 15.6 Å². The molecule has 3 rings (SSSR count). The van der Waals surface area contributed by atoms with Crippen molar-refractivity contribution in [1.29, 1.82) is 0 Å². The summed E-state index contributed by atoms with van der Waals surface area (Å²) in [6.45, 7) is 6.46. The summed E-state index contributed by atoms with van der Waals surface area (Å²) in [5, 5.41) is 6.81. The smallest absolute Gasteiger partial charge is 0.276 e. The van der Waals surface area contributed by atoms with Gasteiger partial charge in [0.1, 0.15) is 11.4 Å². The van der Waals surface area contributed by atoms with E-state index in [-0.39, 0.29) is 11.3 Å². The third kappa shape index (κ3) is 4.62. The Balaban J connectivity index is 1.68. The molecule has 0 aliphatic carbocycles. The molecule has 1 aromatic carbocycles. The van der Waals surface area contributed by atoms with E-state index in [1.165, 1.54) is 28.6 Å². The van der Waals surface area contributed by atoms with Gasteiger partial charge in [-0.3, -0.25) is 9.59 Å². The molecule has 3 aromatic rings. The second-order valence-corrected chi connectivity index (χ2v) is 6.47. The van der Waals surface area contributed by atoms with Gasteiger partial charge in [-0.15, -0.1) is 0 Å². The molecule has 7 heteroatoms. The van der Waals surface area contributed by atoms with Gasteiger partial charge in [0.05, 0.1) is 11.9 Å². The fourth-order valence-corrected chi connectivity index (χ4v) is 2.55. The first kappa shape index (κ1) is 19.3. The van der Waals surface area contributed by atoms with Crippen molar-refractivity contribution >= 4 is 11.6 Å². The lowest BCUT2D eigenvalue weighted by molar-refractivity contribution is 0.101. The van der Waals surface area contributed by atoms with Crippen LogP contribution in [0.4, 0.5) is 5.69 Å². The van der Waals surface area contributed by atoms with E-state index in [1.54, 1.807) is 12.1 Å². The Morgan fingerprint density at radius 1 is 1.11 bits per heavy atom. The highest BCUT2D eigenvalue weighted by atomic mass is 16.5. The van der Waals surface area contributed by atoms with Crippen molar-refractivity contribution in [3.8, 4) is 11.6 Å². The van der Waals surface area contributed by atoms with Crippen LogP contribution in [0.25, 0.3) is 0 Å². The first-order valence-electron chi connectivity index (χ1n) is 9.07. The molecule has 1 N–H and O–H groups in total. The zero-order valence-corrected chi connectivity index (χ0v) is 16.1. The molecular formula is C21H22N4O3. The van der Waals surface area contributed by atoms with Crippen molar-refractivity contribution in [2.45, 2.75) is 33.7 Å². The quantitative estimate of drug-likeness (QED) is 0.707. The maximum Gasteiger partial charge on any atom is 0.276 e. The van der Waals surface area contributed by atoms with Gasteiger partial charge < -0.3 is 10.1 Å². The van der Waals surface area contributed by atoms with Crippen LogP contribution in [0.15, 0.2) is 53.5 Å². The SMILES string of the molecule is CCCn1nc(C(=O)Nc2ccc(Oc3ccc(C)c(C)c3)nc2)ccc1=O. The molecule has 1 amide bonds. The molecule has 7 nitrogen and oxygen atoms in total. The van der Waals surface area contributed by atoms with Gasteiger partial charge in [0, 0.05) is 18.7 Å². The Morgan fingerprint density at radius 2 is 1.93 bits per heavy atom. The zero-order chi connectivity index (χ0) is 20.1. The molecule has 28 heavy (non-hydrogen) atoms.